The smallest absolute Gasteiger partial charge is 0.409 e. The van der Waals surface area contributed by atoms with E-state index >= 15 is 0 Å². The van der Waals surface area contributed by atoms with E-state index in [1.54, 1.807) is 27.8 Å². The predicted octanol–water partition coefficient (Wildman–Crippen LogP) is 3.33. The fourth-order valence-electron chi connectivity index (χ4n) is 4.85. The predicted molar refractivity (Wildman–Crippen MR) is 113 cm³/mol. The van der Waals surface area contributed by atoms with E-state index in [2.05, 4.69) is 6.07 Å². The molecule has 1 aromatic heterocycles. The zero-order valence-corrected chi connectivity index (χ0v) is 17.8. The Bertz CT molecular complexity index is 1310. The molecule has 0 radical (unpaired) electrons. The van der Waals surface area contributed by atoms with Gasteiger partial charge in [-0.1, -0.05) is 12.1 Å². The van der Waals surface area contributed by atoms with Crippen LogP contribution < -0.4 is 0 Å². The van der Waals surface area contributed by atoms with Crippen molar-refractivity contribution < 1.29 is 23.4 Å². The van der Waals surface area contributed by atoms with Crippen molar-refractivity contribution in [1.29, 1.82) is 5.26 Å². The number of nitriles is 1. The maximum Gasteiger partial charge on any atom is 0.409 e. The Morgan fingerprint density at radius 2 is 2.09 bits per heavy atom. The Morgan fingerprint density at radius 1 is 1.27 bits per heavy atom. The standard InChI is InChI=1S/C24H20F2N4O3/c1-33-24(32)29-6-5-20-18(12-29)22(14-4-2-3-13(7-14)11-27)28-30(20)23-17-8-15(25)9-19(26)16(17)10-21(23)31/h2-4,7-9,21,23,31H,5-6,10,12H2,1H3/t21-,23-/m1/s1. The molecule has 0 unspecified atom stereocenters. The Hall–Kier alpha value is -3.77. The van der Waals surface area contributed by atoms with Crippen LogP contribution in [-0.4, -0.2) is 45.6 Å². The first kappa shape index (κ1) is 21.1. The van der Waals surface area contributed by atoms with E-state index in [1.807, 2.05) is 6.07 Å². The van der Waals surface area contributed by atoms with Crippen LogP contribution in [0.1, 0.15) is 34.0 Å². The highest BCUT2D eigenvalue weighted by molar-refractivity contribution is 5.71. The van der Waals surface area contributed by atoms with Gasteiger partial charge in [0.1, 0.15) is 17.7 Å². The molecule has 0 saturated heterocycles. The van der Waals surface area contributed by atoms with Crippen molar-refractivity contribution in [3.8, 4) is 17.3 Å². The van der Waals surface area contributed by atoms with E-state index in [0.29, 0.717) is 35.3 Å². The van der Waals surface area contributed by atoms with Crippen LogP contribution in [0.5, 0.6) is 0 Å². The summed E-state index contributed by atoms with van der Waals surface area (Å²) in [6, 6.07) is 10.3. The Kier molecular flexibility index (Phi) is 5.10. The second-order valence-electron chi connectivity index (χ2n) is 8.22. The fraction of sp³-hybridized carbons (Fsp3) is 0.292. The third kappa shape index (κ3) is 3.43. The SMILES string of the molecule is COC(=O)N1CCc2c(c(-c3cccc(C#N)c3)nn2[C@@H]2c3cc(F)cc(F)c3C[C@H]2O)C1. The minimum Gasteiger partial charge on any atom is -0.453 e. The quantitative estimate of drug-likeness (QED) is 0.647. The monoisotopic (exact) mass is 450 g/mol. The molecule has 0 bridgehead atoms. The molecule has 0 saturated carbocycles. The Morgan fingerprint density at radius 3 is 2.85 bits per heavy atom. The number of rotatable bonds is 2. The van der Waals surface area contributed by atoms with Gasteiger partial charge in [0, 0.05) is 42.3 Å². The third-order valence-corrected chi connectivity index (χ3v) is 6.34. The number of aliphatic hydroxyl groups excluding tert-OH is 1. The average molecular weight is 450 g/mol. The molecule has 3 aromatic rings. The first-order valence-corrected chi connectivity index (χ1v) is 10.5. The van der Waals surface area contributed by atoms with Crippen molar-refractivity contribution in [2.45, 2.75) is 31.5 Å². The van der Waals surface area contributed by atoms with Crippen LogP contribution in [-0.2, 0) is 24.1 Å². The summed E-state index contributed by atoms with van der Waals surface area (Å²) in [6.45, 7) is 0.595. The molecule has 0 fully saturated rings. The van der Waals surface area contributed by atoms with Gasteiger partial charge in [0.2, 0.25) is 0 Å². The lowest BCUT2D eigenvalue weighted by atomic mass is 9.99. The molecule has 1 aliphatic carbocycles. The number of halogens is 2. The third-order valence-electron chi connectivity index (χ3n) is 6.34. The van der Waals surface area contributed by atoms with E-state index in [-0.39, 0.29) is 18.5 Å². The second-order valence-corrected chi connectivity index (χ2v) is 8.22. The summed E-state index contributed by atoms with van der Waals surface area (Å²) >= 11 is 0. The molecule has 2 aromatic carbocycles. The molecule has 1 aliphatic heterocycles. The number of fused-ring (bicyclic) bond motifs is 2. The molecule has 5 rings (SSSR count). The van der Waals surface area contributed by atoms with Gasteiger partial charge in [0.25, 0.3) is 0 Å². The summed E-state index contributed by atoms with van der Waals surface area (Å²) in [7, 11) is 1.31. The number of nitrogens with zero attached hydrogens (tertiary/aromatic N) is 4. The zero-order valence-electron chi connectivity index (χ0n) is 17.8. The maximum absolute atomic E-state index is 14.4. The van der Waals surface area contributed by atoms with Crippen molar-refractivity contribution in [2.24, 2.45) is 0 Å². The lowest BCUT2D eigenvalue weighted by Crippen LogP contribution is -2.37. The highest BCUT2D eigenvalue weighted by Gasteiger charge is 2.39. The first-order chi connectivity index (χ1) is 15.9. The number of amides is 1. The van der Waals surface area contributed by atoms with Crippen LogP contribution in [0, 0.1) is 23.0 Å². The highest BCUT2D eigenvalue weighted by atomic mass is 19.1. The number of methoxy groups -OCH3 is 1. The van der Waals surface area contributed by atoms with Gasteiger partial charge >= 0.3 is 6.09 Å². The summed E-state index contributed by atoms with van der Waals surface area (Å²) in [5, 5.41) is 24.9. The number of aliphatic hydroxyl groups is 1. The number of carbonyl (C=O) groups excluding carboxylic acids is 1. The topological polar surface area (TPSA) is 91.4 Å². The molecule has 168 valence electrons. The summed E-state index contributed by atoms with van der Waals surface area (Å²) < 4.78 is 35.0. The minimum atomic E-state index is -0.989. The normalized spacial score (nSPS) is 19.1. The molecule has 1 N–H and O–H groups in total. The van der Waals surface area contributed by atoms with Gasteiger partial charge in [-0.3, -0.25) is 4.68 Å². The first-order valence-electron chi connectivity index (χ1n) is 10.5. The van der Waals surface area contributed by atoms with Gasteiger partial charge in [-0.15, -0.1) is 0 Å². The number of aromatic nitrogens is 2. The largest absolute Gasteiger partial charge is 0.453 e. The van der Waals surface area contributed by atoms with Gasteiger partial charge in [0.05, 0.1) is 37.1 Å². The molecule has 0 spiro atoms. The Balaban J connectivity index is 1.69. The van der Waals surface area contributed by atoms with Crippen LogP contribution in [0.3, 0.4) is 0 Å². The number of carbonyl (C=O) groups is 1. The number of ether oxygens (including phenoxy) is 1. The summed E-state index contributed by atoms with van der Waals surface area (Å²) in [4.78, 5) is 13.7. The molecule has 33 heavy (non-hydrogen) atoms. The summed E-state index contributed by atoms with van der Waals surface area (Å²) in [5.41, 5.74) is 3.83. The summed E-state index contributed by atoms with van der Waals surface area (Å²) in [5.74, 6) is -1.41. The minimum absolute atomic E-state index is 0.0499. The van der Waals surface area contributed by atoms with E-state index in [0.717, 1.165) is 17.3 Å². The molecule has 2 heterocycles. The van der Waals surface area contributed by atoms with Gasteiger partial charge in [-0.2, -0.15) is 10.4 Å². The van der Waals surface area contributed by atoms with Crippen LogP contribution >= 0.6 is 0 Å². The van der Waals surface area contributed by atoms with E-state index < -0.39 is 29.9 Å². The lowest BCUT2D eigenvalue weighted by Gasteiger charge is -2.28. The molecule has 1 amide bonds. The number of benzene rings is 2. The van der Waals surface area contributed by atoms with Crippen molar-refractivity contribution in [2.75, 3.05) is 13.7 Å². The van der Waals surface area contributed by atoms with Crippen molar-refractivity contribution >= 4 is 6.09 Å². The van der Waals surface area contributed by atoms with Crippen molar-refractivity contribution in [3.05, 3.63) is 76.0 Å². The van der Waals surface area contributed by atoms with Crippen molar-refractivity contribution in [3.63, 3.8) is 0 Å². The van der Waals surface area contributed by atoms with E-state index in [4.69, 9.17) is 9.84 Å². The average Bonchev–Trinajstić information content (AvgIpc) is 3.35. The molecule has 2 atom stereocenters. The molecule has 9 heteroatoms. The second kappa shape index (κ2) is 7.98. The number of hydrogen-bond donors (Lipinski definition) is 1. The summed E-state index contributed by atoms with van der Waals surface area (Å²) in [6.07, 6.45) is -0.988. The van der Waals surface area contributed by atoms with Crippen LogP contribution in [0.15, 0.2) is 36.4 Å². The van der Waals surface area contributed by atoms with Gasteiger partial charge < -0.3 is 14.7 Å². The van der Waals surface area contributed by atoms with Gasteiger partial charge in [-0.25, -0.2) is 13.6 Å². The molecule has 7 nitrogen and oxygen atoms in total. The zero-order chi connectivity index (χ0) is 23.3. The lowest BCUT2D eigenvalue weighted by molar-refractivity contribution is 0.116. The van der Waals surface area contributed by atoms with Crippen molar-refractivity contribution in [1.82, 2.24) is 14.7 Å². The van der Waals surface area contributed by atoms with E-state index in [1.165, 1.54) is 13.2 Å². The van der Waals surface area contributed by atoms with Gasteiger partial charge in [0.15, 0.2) is 0 Å². The van der Waals surface area contributed by atoms with E-state index in [9.17, 15) is 23.9 Å². The maximum atomic E-state index is 14.4. The van der Waals surface area contributed by atoms with Crippen LogP contribution in [0.4, 0.5) is 13.6 Å². The van der Waals surface area contributed by atoms with Gasteiger partial charge in [-0.05, 0) is 29.3 Å². The van der Waals surface area contributed by atoms with Crippen LogP contribution in [0.2, 0.25) is 0 Å². The van der Waals surface area contributed by atoms with Crippen LogP contribution in [0.25, 0.3) is 11.3 Å². The molecule has 2 aliphatic rings. The molecular weight excluding hydrogens is 430 g/mol. The number of hydrogen-bond acceptors (Lipinski definition) is 5. The highest BCUT2D eigenvalue weighted by Crippen LogP contribution is 2.40. The Labute approximate surface area is 188 Å². The fourth-order valence-corrected chi connectivity index (χ4v) is 4.85. The molecular formula is C24H20F2N4O3.